The van der Waals surface area contributed by atoms with Crippen molar-refractivity contribution in [2.75, 3.05) is 26.2 Å². The Kier molecular flexibility index (Phi) is 3.67. The molecule has 0 spiro atoms. The van der Waals surface area contributed by atoms with Gasteiger partial charge in [-0.2, -0.15) is 0 Å². The summed E-state index contributed by atoms with van der Waals surface area (Å²) in [4.78, 5) is 28.8. The fourth-order valence-corrected chi connectivity index (χ4v) is 4.18. The first-order valence-electron chi connectivity index (χ1n) is 7.93. The number of hydrogen-bond donors (Lipinski definition) is 0. The number of carbonyl (C=O) groups excluding carboxylic acids is 2. The van der Waals surface area contributed by atoms with Crippen LogP contribution in [-0.4, -0.2) is 47.8 Å². The molecule has 2 amide bonds. The summed E-state index contributed by atoms with van der Waals surface area (Å²) < 4.78 is 0. The van der Waals surface area contributed by atoms with Crippen LogP contribution in [0, 0.1) is 23.7 Å². The van der Waals surface area contributed by atoms with Crippen LogP contribution in [0.5, 0.6) is 0 Å². The molecule has 1 aliphatic heterocycles. The minimum absolute atomic E-state index is 0.0362. The quantitative estimate of drug-likeness (QED) is 0.545. The molecule has 3 aliphatic rings. The number of nitrogens with zero attached hydrogens (tertiary/aromatic N) is 2. The van der Waals surface area contributed by atoms with Crippen LogP contribution in [0.4, 0.5) is 0 Å². The van der Waals surface area contributed by atoms with Crippen molar-refractivity contribution < 1.29 is 9.59 Å². The highest BCUT2D eigenvalue weighted by Crippen LogP contribution is 2.52. The SMILES string of the molecule is CCN(CC)CCCN1C(=O)[C@@H]2[C@H](C1=O)[C@@H]1C=C[C@@H]2C1. The van der Waals surface area contributed by atoms with Gasteiger partial charge in [0, 0.05) is 6.54 Å². The molecule has 1 saturated heterocycles. The maximum atomic E-state index is 12.5. The second kappa shape index (κ2) is 5.32. The van der Waals surface area contributed by atoms with Crippen molar-refractivity contribution >= 4 is 11.8 Å². The van der Waals surface area contributed by atoms with Gasteiger partial charge in [0.2, 0.25) is 11.8 Å². The summed E-state index contributed by atoms with van der Waals surface area (Å²) in [7, 11) is 0. The number of likely N-dealkylation sites (tertiary alicyclic amines) is 1. The molecule has 0 aromatic carbocycles. The minimum atomic E-state index is -0.0362. The number of hydrogen-bond acceptors (Lipinski definition) is 3. The van der Waals surface area contributed by atoms with Gasteiger partial charge in [0.05, 0.1) is 11.8 Å². The van der Waals surface area contributed by atoms with Gasteiger partial charge in [0.15, 0.2) is 0 Å². The Bertz CT molecular complexity index is 412. The van der Waals surface area contributed by atoms with E-state index in [1.165, 1.54) is 0 Å². The average Bonchev–Trinajstić information content (AvgIpc) is 3.12. The lowest BCUT2D eigenvalue weighted by Gasteiger charge is -2.21. The molecule has 1 saturated carbocycles. The smallest absolute Gasteiger partial charge is 0.233 e. The van der Waals surface area contributed by atoms with Crippen molar-refractivity contribution in [2.24, 2.45) is 23.7 Å². The predicted molar refractivity (Wildman–Crippen MR) is 76.8 cm³/mol. The molecule has 2 aliphatic carbocycles. The number of rotatable bonds is 6. The van der Waals surface area contributed by atoms with E-state index in [1.54, 1.807) is 4.90 Å². The summed E-state index contributed by atoms with van der Waals surface area (Å²) in [5.74, 6) is 0.771. The van der Waals surface area contributed by atoms with Gasteiger partial charge in [-0.1, -0.05) is 26.0 Å². The van der Waals surface area contributed by atoms with Gasteiger partial charge in [-0.3, -0.25) is 14.5 Å². The van der Waals surface area contributed by atoms with Gasteiger partial charge in [-0.25, -0.2) is 0 Å². The van der Waals surface area contributed by atoms with Crippen molar-refractivity contribution in [1.82, 2.24) is 9.80 Å². The standard InChI is InChI=1S/C16H24N2O2/c1-3-17(4-2)8-5-9-18-15(19)13-11-6-7-12(10-11)14(13)16(18)20/h6-7,11-14H,3-5,8-10H2,1-2H3/t11-,12-,13-,14+/m1/s1. The Balaban J connectivity index is 1.59. The van der Waals surface area contributed by atoms with Gasteiger partial charge < -0.3 is 4.90 Å². The maximum Gasteiger partial charge on any atom is 0.233 e. The molecule has 3 rings (SSSR count). The van der Waals surface area contributed by atoms with Crippen molar-refractivity contribution in [1.29, 1.82) is 0 Å². The van der Waals surface area contributed by atoms with Crippen LogP contribution in [0.1, 0.15) is 26.7 Å². The Morgan fingerprint density at radius 2 is 1.65 bits per heavy atom. The molecule has 0 radical (unpaired) electrons. The number of amides is 2. The van der Waals surface area contributed by atoms with Gasteiger partial charge in [-0.05, 0) is 44.3 Å². The first-order chi connectivity index (χ1) is 9.67. The minimum Gasteiger partial charge on any atom is -0.304 e. The summed E-state index contributed by atoms with van der Waals surface area (Å²) in [5, 5.41) is 0. The zero-order valence-electron chi connectivity index (χ0n) is 12.4. The number of fused-ring (bicyclic) bond motifs is 5. The lowest BCUT2D eigenvalue weighted by Crippen LogP contribution is -2.35. The van der Waals surface area contributed by atoms with Crippen LogP contribution in [0.25, 0.3) is 0 Å². The molecular formula is C16H24N2O2. The summed E-state index contributed by atoms with van der Waals surface area (Å²) in [6.45, 7) is 7.90. The first kappa shape index (κ1) is 13.8. The van der Waals surface area contributed by atoms with Gasteiger partial charge in [0.25, 0.3) is 0 Å². The van der Waals surface area contributed by atoms with Crippen LogP contribution < -0.4 is 0 Å². The van der Waals surface area contributed by atoms with E-state index in [2.05, 4.69) is 30.9 Å². The lowest BCUT2D eigenvalue weighted by molar-refractivity contribution is -0.140. The second-order valence-electron chi connectivity index (χ2n) is 6.21. The zero-order chi connectivity index (χ0) is 14.3. The molecule has 2 bridgehead atoms. The molecule has 0 aromatic heterocycles. The van der Waals surface area contributed by atoms with Crippen LogP contribution in [0.3, 0.4) is 0 Å². The maximum absolute atomic E-state index is 12.5. The van der Waals surface area contributed by atoms with E-state index in [1.807, 2.05) is 0 Å². The Morgan fingerprint density at radius 3 is 2.15 bits per heavy atom. The molecule has 4 nitrogen and oxygen atoms in total. The lowest BCUT2D eigenvalue weighted by atomic mass is 9.85. The summed E-state index contributed by atoms with van der Waals surface area (Å²) in [6, 6.07) is 0. The monoisotopic (exact) mass is 276 g/mol. The molecule has 1 heterocycles. The first-order valence-corrected chi connectivity index (χ1v) is 7.93. The van der Waals surface area contributed by atoms with Crippen LogP contribution in [0.15, 0.2) is 12.2 Å². The molecule has 0 unspecified atom stereocenters. The summed E-state index contributed by atoms with van der Waals surface area (Å²) in [6.07, 6.45) is 6.20. The van der Waals surface area contributed by atoms with Crippen molar-refractivity contribution in [3.05, 3.63) is 12.2 Å². The van der Waals surface area contributed by atoms with Gasteiger partial charge in [-0.15, -0.1) is 0 Å². The van der Waals surface area contributed by atoms with E-state index >= 15 is 0 Å². The topological polar surface area (TPSA) is 40.6 Å². The molecule has 4 heteroatoms. The fourth-order valence-electron chi connectivity index (χ4n) is 4.18. The Hall–Kier alpha value is -1.16. The van der Waals surface area contributed by atoms with E-state index in [-0.39, 0.29) is 23.7 Å². The predicted octanol–water partition coefficient (Wildman–Crippen LogP) is 1.53. The van der Waals surface area contributed by atoms with Gasteiger partial charge >= 0.3 is 0 Å². The molecule has 0 aromatic rings. The second-order valence-corrected chi connectivity index (χ2v) is 6.21. The highest BCUT2D eigenvalue weighted by Gasteiger charge is 2.58. The number of imide groups is 1. The van der Waals surface area contributed by atoms with Crippen LogP contribution in [-0.2, 0) is 9.59 Å². The van der Waals surface area contributed by atoms with E-state index in [4.69, 9.17) is 0 Å². The number of carbonyl (C=O) groups is 2. The average molecular weight is 276 g/mol. The van der Waals surface area contributed by atoms with Crippen molar-refractivity contribution in [2.45, 2.75) is 26.7 Å². The molecular weight excluding hydrogens is 252 g/mol. The highest BCUT2D eigenvalue weighted by atomic mass is 16.2. The van der Waals surface area contributed by atoms with E-state index in [9.17, 15) is 9.59 Å². The molecule has 20 heavy (non-hydrogen) atoms. The zero-order valence-corrected chi connectivity index (χ0v) is 12.4. The summed E-state index contributed by atoms with van der Waals surface area (Å²) >= 11 is 0. The molecule has 110 valence electrons. The van der Waals surface area contributed by atoms with Crippen LogP contribution in [0.2, 0.25) is 0 Å². The van der Waals surface area contributed by atoms with E-state index < -0.39 is 0 Å². The van der Waals surface area contributed by atoms with Crippen molar-refractivity contribution in [3.8, 4) is 0 Å². The van der Waals surface area contributed by atoms with Crippen molar-refractivity contribution in [3.63, 3.8) is 0 Å². The van der Waals surface area contributed by atoms with Gasteiger partial charge in [0.1, 0.15) is 0 Å². The Labute approximate surface area is 120 Å². The van der Waals surface area contributed by atoms with Crippen LogP contribution >= 0.6 is 0 Å². The third-order valence-corrected chi connectivity index (χ3v) is 5.31. The normalized spacial score (nSPS) is 34.6. The third kappa shape index (κ3) is 2.01. The molecule has 0 N–H and O–H groups in total. The van der Waals surface area contributed by atoms with E-state index in [0.29, 0.717) is 18.4 Å². The third-order valence-electron chi connectivity index (χ3n) is 5.31. The summed E-state index contributed by atoms with van der Waals surface area (Å²) in [5.41, 5.74) is 0. The molecule has 2 fully saturated rings. The fraction of sp³-hybridized carbons (Fsp3) is 0.750. The van der Waals surface area contributed by atoms with E-state index in [0.717, 1.165) is 32.5 Å². The number of allylic oxidation sites excluding steroid dienone is 2. The Morgan fingerprint density at radius 1 is 1.10 bits per heavy atom. The molecule has 4 atom stereocenters. The highest BCUT2D eigenvalue weighted by molar-refractivity contribution is 6.06. The largest absolute Gasteiger partial charge is 0.304 e.